The number of amides is 3. The lowest BCUT2D eigenvalue weighted by Crippen LogP contribution is -2.41. The zero-order valence-corrected chi connectivity index (χ0v) is 16.2. The molecule has 1 aromatic carbocycles. The first-order valence-electron chi connectivity index (χ1n) is 7.97. The molecule has 0 aliphatic carbocycles. The molecule has 2 heterocycles. The molecular formula is C17H14Cl3FN4O2. The van der Waals surface area contributed by atoms with Crippen molar-refractivity contribution < 1.29 is 14.0 Å². The van der Waals surface area contributed by atoms with Crippen molar-refractivity contribution in [1.29, 1.82) is 0 Å². The maximum atomic E-state index is 13.2. The molecule has 0 radical (unpaired) electrons. The minimum atomic E-state index is -0.582. The number of rotatable bonds is 2. The molecule has 27 heavy (non-hydrogen) atoms. The highest BCUT2D eigenvalue weighted by atomic mass is 35.5. The molecule has 1 aliphatic rings. The average Bonchev–Trinajstić information content (AvgIpc) is 2.80. The lowest BCUT2D eigenvalue weighted by molar-refractivity contribution is -0.118. The minimum absolute atomic E-state index is 0.104. The molecule has 0 saturated carbocycles. The molecule has 6 nitrogen and oxygen atoms in total. The van der Waals surface area contributed by atoms with Crippen LogP contribution in [0.3, 0.4) is 0 Å². The third-order valence-electron chi connectivity index (χ3n) is 3.99. The van der Waals surface area contributed by atoms with Crippen molar-refractivity contribution in [3.63, 3.8) is 0 Å². The number of anilines is 2. The Morgan fingerprint density at radius 2 is 1.81 bits per heavy atom. The summed E-state index contributed by atoms with van der Waals surface area (Å²) in [5, 5.41) is 3.02. The Balaban J connectivity index is 1.74. The topological polar surface area (TPSA) is 65.5 Å². The Labute approximate surface area is 169 Å². The Morgan fingerprint density at radius 1 is 1.11 bits per heavy atom. The van der Waals surface area contributed by atoms with Gasteiger partial charge in [0.05, 0.1) is 20.8 Å². The maximum Gasteiger partial charge on any atom is 0.322 e. The number of urea groups is 1. The summed E-state index contributed by atoms with van der Waals surface area (Å²) in [4.78, 5) is 31.9. The minimum Gasteiger partial charge on any atom is -0.315 e. The van der Waals surface area contributed by atoms with Gasteiger partial charge in [0.25, 0.3) is 0 Å². The van der Waals surface area contributed by atoms with Gasteiger partial charge in [-0.1, -0.05) is 34.8 Å². The molecule has 1 fully saturated rings. The van der Waals surface area contributed by atoms with Gasteiger partial charge < -0.3 is 15.1 Å². The van der Waals surface area contributed by atoms with Crippen LogP contribution in [0.25, 0.3) is 0 Å². The van der Waals surface area contributed by atoms with Crippen LogP contribution in [-0.4, -0.2) is 41.5 Å². The number of benzene rings is 1. The van der Waals surface area contributed by atoms with Gasteiger partial charge in [-0.2, -0.15) is 0 Å². The largest absolute Gasteiger partial charge is 0.322 e. The highest BCUT2D eigenvalue weighted by molar-refractivity contribution is 6.39. The summed E-state index contributed by atoms with van der Waals surface area (Å²) in [6, 6.07) is 3.36. The van der Waals surface area contributed by atoms with Crippen molar-refractivity contribution in [2.45, 2.75) is 6.42 Å². The molecule has 2 aromatic rings. The number of hydrogen-bond acceptors (Lipinski definition) is 3. The molecular weight excluding hydrogens is 418 g/mol. The first-order chi connectivity index (χ1) is 12.9. The predicted octanol–water partition coefficient (Wildman–Crippen LogP) is 4.45. The summed E-state index contributed by atoms with van der Waals surface area (Å²) >= 11 is 18.0. The summed E-state index contributed by atoms with van der Waals surface area (Å²) in [7, 11) is 0. The van der Waals surface area contributed by atoms with E-state index in [2.05, 4.69) is 10.3 Å². The molecule has 0 unspecified atom stereocenters. The van der Waals surface area contributed by atoms with Crippen molar-refractivity contribution in [2.75, 3.05) is 29.9 Å². The molecule has 3 rings (SSSR count). The summed E-state index contributed by atoms with van der Waals surface area (Å²) in [5.74, 6) is -0.906. The smallest absolute Gasteiger partial charge is 0.315 e. The van der Waals surface area contributed by atoms with Gasteiger partial charge in [0.1, 0.15) is 12.4 Å². The van der Waals surface area contributed by atoms with Crippen LogP contribution in [0.2, 0.25) is 15.1 Å². The number of hydrogen-bond donors (Lipinski definition) is 1. The van der Waals surface area contributed by atoms with Gasteiger partial charge in [0, 0.05) is 31.2 Å². The fraction of sp³-hybridized carbons (Fsp3) is 0.235. The van der Waals surface area contributed by atoms with Crippen molar-refractivity contribution in [1.82, 2.24) is 9.88 Å². The predicted molar refractivity (Wildman–Crippen MR) is 103 cm³/mol. The quantitative estimate of drug-likeness (QED) is 0.764. The highest BCUT2D eigenvalue weighted by Gasteiger charge is 2.28. The van der Waals surface area contributed by atoms with Gasteiger partial charge in [-0.3, -0.25) is 9.78 Å². The van der Waals surface area contributed by atoms with Crippen molar-refractivity contribution in [3.8, 4) is 0 Å². The van der Waals surface area contributed by atoms with Crippen LogP contribution in [-0.2, 0) is 4.79 Å². The van der Waals surface area contributed by atoms with Crippen molar-refractivity contribution in [3.05, 3.63) is 51.5 Å². The molecule has 1 N–H and O–H groups in total. The van der Waals surface area contributed by atoms with Crippen molar-refractivity contribution >= 4 is 58.1 Å². The van der Waals surface area contributed by atoms with E-state index in [0.29, 0.717) is 30.9 Å². The normalized spacial score (nSPS) is 14.9. The summed E-state index contributed by atoms with van der Waals surface area (Å²) in [6.07, 6.45) is 3.34. The highest BCUT2D eigenvalue weighted by Crippen LogP contribution is 2.33. The fourth-order valence-corrected chi connectivity index (χ4v) is 3.47. The van der Waals surface area contributed by atoms with E-state index in [4.69, 9.17) is 34.8 Å². The number of carbonyl (C=O) groups is 2. The second kappa shape index (κ2) is 8.29. The Kier molecular flexibility index (Phi) is 6.04. The lowest BCUT2D eigenvalue weighted by Gasteiger charge is -2.23. The van der Waals surface area contributed by atoms with Gasteiger partial charge in [-0.05, 0) is 24.6 Å². The van der Waals surface area contributed by atoms with E-state index in [1.54, 1.807) is 0 Å². The number of halogens is 4. The van der Waals surface area contributed by atoms with Crippen LogP contribution >= 0.6 is 34.8 Å². The van der Waals surface area contributed by atoms with Gasteiger partial charge in [0.2, 0.25) is 5.91 Å². The molecule has 0 bridgehead atoms. The van der Waals surface area contributed by atoms with Crippen LogP contribution in [0.15, 0.2) is 30.6 Å². The number of nitrogens with zero attached hydrogens (tertiary/aromatic N) is 3. The van der Waals surface area contributed by atoms with Gasteiger partial charge in [0.15, 0.2) is 0 Å². The third kappa shape index (κ3) is 4.43. The number of carbonyl (C=O) groups excluding carboxylic acids is 2. The standard InChI is InChI=1S/C17H14Cl3FN4O2/c18-11-6-10(2-3-14(11)21)23-17(27)24-4-1-5-25(15(26)9-24)16-12(19)7-22-8-13(16)20/h2-3,6-8H,1,4-5,9H2,(H,23,27). The summed E-state index contributed by atoms with van der Waals surface area (Å²) in [6.45, 7) is 0.549. The number of aromatic nitrogens is 1. The second-order valence-electron chi connectivity index (χ2n) is 5.83. The monoisotopic (exact) mass is 430 g/mol. The van der Waals surface area contributed by atoms with Crippen molar-refractivity contribution in [2.24, 2.45) is 0 Å². The van der Waals surface area contributed by atoms with E-state index >= 15 is 0 Å². The van der Waals surface area contributed by atoms with E-state index < -0.39 is 11.8 Å². The molecule has 1 saturated heterocycles. The average molecular weight is 432 g/mol. The molecule has 1 aliphatic heterocycles. The molecule has 1 aromatic heterocycles. The third-order valence-corrected chi connectivity index (χ3v) is 4.84. The molecule has 142 valence electrons. The molecule has 0 atom stereocenters. The van der Waals surface area contributed by atoms with Gasteiger partial charge in [-0.25, -0.2) is 9.18 Å². The van der Waals surface area contributed by atoms with Crippen LogP contribution in [0, 0.1) is 5.82 Å². The second-order valence-corrected chi connectivity index (χ2v) is 7.05. The Hall–Kier alpha value is -2.09. The zero-order chi connectivity index (χ0) is 19.6. The van der Waals surface area contributed by atoms with E-state index in [1.807, 2.05) is 0 Å². The Bertz CT molecular complexity index is 876. The fourth-order valence-electron chi connectivity index (χ4n) is 2.72. The van der Waals surface area contributed by atoms with Crippen LogP contribution in [0.5, 0.6) is 0 Å². The zero-order valence-electron chi connectivity index (χ0n) is 13.9. The molecule has 0 spiro atoms. The number of nitrogens with one attached hydrogen (secondary N) is 1. The van der Waals surface area contributed by atoms with Crippen LogP contribution < -0.4 is 10.2 Å². The SMILES string of the molecule is O=C(Nc1ccc(F)c(Cl)c1)N1CCCN(c2c(Cl)cncc2Cl)C(=O)C1. The van der Waals surface area contributed by atoms with Crippen LogP contribution in [0.1, 0.15) is 6.42 Å². The van der Waals surface area contributed by atoms with Crippen LogP contribution in [0.4, 0.5) is 20.6 Å². The lowest BCUT2D eigenvalue weighted by atomic mass is 10.3. The maximum absolute atomic E-state index is 13.2. The molecule has 10 heteroatoms. The van der Waals surface area contributed by atoms with E-state index in [0.717, 1.165) is 6.07 Å². The van der Waals surface area contributed by atoms with E-state index in [-0.39, 0.29) is 27.5 Å². The van der Waals surface area contributed by atoms with Gasteiger partial charge >= 0.3 is 6.03 Å². The first-order valence-corrected chi connectivity index (χ1v) is 9.10. The summed E-state index contributed by atoms with van der Waals surface area (Å²) < 4.78 is 13.2. The molecule has 3 amide bonds. The summed E-state index contributed by atoms with van der Waals surface area (Å²) in [5.41, 5.74) is 0.714. The number of pyridine rings is 1. The van der Waals surface area contributed by atoms with E-state index in [9.17, 15) is 14.0 Å². The first kappa shape index (κ1) is 19.7. The van der Waals surface area contributed by atoms with E-state index in [1.165, 1.54) is 34.3 Å². The van der Waals surface area contributed by atoms with Gasteiger partial charge in [-0.15, -0.1) is 0 Å². The Morgan fingerprint density at radius 3 is 2.48 bits per heavy atom.